The molecule has 0 amide bonds. The standard InChI is InChI=1S/C39H33BrCl2N2O6S/c1-4-47-33-19-26(13-16-32(33)50-22-27-12-14-28(41)20-30(27)42)36-35(38(46)48-5-2)23(3)43-39-44(36)37(45)34(51-39)18-25-11-15-31(29(40)17-25)49-21-24-9-7-6-8-10-24/h6-20,36H,4-5,21-22H2,1-3H3. The molecule has 1 aromatic heterocycles. The van der Waals surface area contributed by atoms with Crippen LogP contribution in [0.4, 0.5) is 0 Å². The molecule has 0 radical (unpaired) electrons. The van der Waals surface area contributed by atoms with Gasteiger partial charge in [0.1, 0.15) is 19.0 Å². The van der Waals surface area contributed by atoms with Crippen LogP contribution >= 0.6 is 50.5 Å². The highest BCUT2D eigenvalue weighted by atomic mass is 79.9. The first-order valence-electron chi connectivity index (χ1n) is 16.2. The molecule has 12 heteroatoms. The van der Waals surface area contributed by atoms with Crippen molar-refractivity contribution in [2.45, 2.75) is 40.0 Å². The van der Waals surface area contributed by atoms with Crippen molar-refractivity contribution in [3.05, 3.63) is 153 Å². The van der Waals surface area contributed by atoms with E-state index in [0.717, 1.165) is 21.2 Å². The molecule has 6 rings (SSSR count). The van der Waals surface area contributed by atoms with Crippen LogP contribution in [0.3, 0.4) is 0 Å². The fourth-order valence-electron chi connectivity index (χ4n) is 5.59. The van der Waals surface area contributed by atoms with Crippen molar-refractivity contribution in [1.29, 1.82) is 0 Å². The molecule has 4 aromatic carbocycles. The summed E-state index contributed by atoms with van der Waals surface area (Å²) in [4.78, 5) is 32.9. The van der Waals surface area contributed by atoms with Gasteiger partial charge in [-0.05, 0) is 95.9 Å². The minimum absolute atomic E-state index is 0.164. The number of benzene rings is 4. The van der Waals surface area contributed by atoms with Crippen molar-refractivity contribution in [2.75, 3.05) is 13.2 Å². The van der Waals surface area contributed by atoms with E-state index in [1.54, 1.807) is 54.8 Å². The van der Waals surface area contributed by atoms with E-state index >= 15 is 0 Å². The number of halogens is 3. The smallest absolute Gasteiger partial charge is 0.338 e. The minimum Gasteiger partial charge on any atom is -0.490 e. The molecule has 0 fully saturated rings. The largest absolute Gasteiger partial charge is 0.490 e. The third kappa shape index (κ3) is 8.25. The quantitative estimate of drug-likeness (QED) is 0.118. The van der Waals surface area contributed by atoms with E-state index in [1.165, 1.54) is 11.3 Å². The molecule has 1 atom stereocenters. The van der Waals surface area contributed by atoms with Crippen LogP contribution in [0.2, 0.25) is 10.0 Å². The van der Waals surface area contributed by atoms with Crippen LogP contribution in [-0.4, -0.2) is 23.8 Å². The van der Waals surface area contributed by atoms with Crippen LogP contribution in [-0.2, 0) is 22.7 Å². The van der Waals surface area contributed by atoms with Gasteiger partial charge in [0.15, 0.2) is 16.3 Å². The van der Waals surface area contributed by atoms with Crippen LogP contribution in [0.5, 0.6) is 17.2 Å². The Kier molecular flexibility index (Phi) is 11.7. The second-order valence-corrected chi connectivity index (χ2v) is 14.1. The van der Waals surface area contributed by atoms with E-state index in [-0.39, 0.29) is 24.3 Å². The average Bonchev–Trinajstić information content (AvgIpc) is 3.41. The van der Waals surface area contributed by atoms with Crippen molar-refractivity contribution in [2.24, 2.45) is 4.99 Å². The lowest BCUT2D eigenvalue weighted by Crippen LogP contribution is -2.40. The van der Waals surface area contributed by atoms with Crippen LogP contribution in [0.1, 0.15) is 49.1 Å². The summed E-state index contributed by atoms with van der Waals surface area (Å²) in [6.07, 6.45) is 1.81. The van der Waals surface area contributed by atoms with E-state index in [0.29, 0.717) is 61.1 Å². The molecule has 1 aliphatic heterocycles. The van der Waals surface area contributed by atoms with Gasteiger partial charge in [-0.15, -0.1) is 0 Å². The van der Waals surface area contributed by atoms with Crippen LogP contribution in [0.25, 0.3) is 6.08 Å². The topological polar surface area (TPSA) is 88.4 Å². The summed E-state index contributed by atoms with van der Waals surface area (Å²) >= 11 is 17.3. The van der Waals surface area contributed by atoms with E-state index in [9.17, 15) is 9.59 Å². The molecule has 2 heterocycles. The van der Waals surface area contributed by atoms with Gasteiger partial charge in [0.25, 0.3) is 5.56 Å². The molecule has 0 aliphatic carbocycles. The molecule has 0 saturated carbocycles. The number of ether oxygens (including phenoxy) is 4. The lowest BCUT2D eigenvalue weighted by molar-refractivity contribution is -0.139. The van der Waals surface area contributed by atoms with Gasteiger partial charge in [-0.2, -0.15) is 0 Å². The first kappa shape index (κ1) is 36.4. The molecule has 262 valence electrons. The molecule has 1 unspecified atom stereocenters. The van der Waals surface area contributed by atoms with E-state index < -0.39 is 12.0 Å². The van der Waals surface area contributed by atoms with Gasteiger partial charge in [0, 0.05) is 15.6 Å². The third-order valence-corrected chi connectivity index (χ3v) is 10.2. The van der Waals surface area contributed by atoms with Crippen LogP contribution in [0.15, 0.2) is 110 Å². The first-order valence-corrected chi connectivity index (χ1v) is 18.5. The molecule has 0 spiro atoms. The number of hydrogen-bond acceptors (Lipinski definition) is 8. The molecule has 0 saturated heterocycles. The number of nitrogens with zero attached hydrogens (tertiary/aromatic N) is 2. The summed E-state index contributed by atoms with van der Waals surface area (Å²) in [5.41, 5.74) is 3.66. The summed E-state index contributed by atoms with van der Waals surface area (Å²) in [6.45, 7) is 6.47. The highest BCUT2D eigenvalue weighted by Gasteiger charge is 2.34. The zero-order valence-corrected chi connectivity index (χ0v) is 31.9. The van der Waals surface area contributed by atoms with Gasteiger partial charge in [-0.3, -0.25) is 9.36 Å². The fourth-order valence-corrected chi connectivity index (χ4v) is 7.61. The molecule has 0 N–H and O–H groups in total. The molecular formula is C39H33BrCl2N2O6S. The maximum Gasteiger partial charge on any atom is 0.338 e. The first-order chi connectivity index (χ1) is 24.7. The number of aromatic nitrogens is 1. The molecular weight excluding hydrogens is 775 g/mol. The van der Waals surface area contributed by atoms with Crippen molar-refractivity contribution in [3.8, 4) is 17.2 Å². The zero-order chi connectivity index (χ0) is 36.1. The Bertz CT molecular complexity index is 2300. The van der Waals surface area contributed by atoms with Gasteiger partial charge in [0.05, 0.1) is 39.5 Å². The summed E-state index contributed by atoms with van der Waals surface area (Å²) in [6, 6.07) is 25.3. The molecule has 0 bridgehead atoms. The lowest BCUT2D eigenvalue weighted by Gasteiger charge is -2.25. The SMILES string of the molecule is CCOC(=O)C1=C(C)N=c2sc(=Cc3ccc(OCc4ccccc4)c(Br)c3)c(=O)n2C1c1ccc(OCc2ccc(Cl)cc2Cl)c(OCC)c1. The summed E-state index contributed by atoms with van der Waals surface area (Å²) in [7, 11) is 0. The second-order valence-electron chi connectivity index (χ2n) is 11.4. The number of carbonyl (C=O) groups is 1. The van der Waals surface area contributed by atoms with Crippen molar-refractivity contribution >= 4 is 62.5 Å². The number of hydrogen-bond donors (Lipinski definition) is 0. The number of thiazole rings is 1. The van der Waals surface area contributed by atoms with E-state index in [1.807, 2.05) is 61.5 Å². The Morgan fingerprint density at radius 1 is 0.902 bits per heavy atom. The maximum absolute atomic E-state index is 14.2. The third-order valence-electron chi connectivity index (χ3n) is 7.99. The van der Waals surface area contributed by atoms with Crippen molar-refractivity contribution in [3.63, 3.8) is 0 Å². The summed E-state index contributed by atoms with van der Waals surface area (Å²) in [5.74, 6) is 1.04. The van der Waals surface area contributed by atoms with Crippen LogP contribution in [0, 0.1) is 0 Å². The molecule has 8 nitrogen and oxygen atoms in total. The number of esters is 1. The highest BCUT2D eigenvalue weighted by Crippen LogP contribution is 2.37. The highest BCUT2D eigenvalue weighted by molar-refractivity contribution is 9.10. The molecule has 51 heavy (non-hydrogen) atoms. The zero-order valence-electron chi connectivity index (χ0n) is 28.0. The summed E-state index contributed by atoms with van der Waals surface area (Å²) in [5, 5.41) is 1.01. The number of carbonyl (C=O) groups excluding carboxylic acids is 1. The number of fused-ring (bicyclic) bond motifs is 1. The van der Waals surface area contributed by atoms with Crippen molar-refractivity contribution < 1.29 is 23.7 Å². The monoisotopic (exact) mass is 806 g/mol. The lowest BCUT2D eigenvalue weighted by atomic mass is 9.95. The Morgan fingerprint density at radius 3 is 2.39 bits per heavy atom. The number of rotatable bonds is 12. The van der Waals surface area contributed by atoms with Gasteiger partial charge in [0.2, 0.25) is 0 Å². The van der Waals surface area contributed by atoms with Gasteiger partial charge >= 0.3 is 5.97 Å². The normalized spacial score (nSPS) is 14.2. The molecule has 1 aliphatic rings. The average molecular weight is 809 g/mol. The van der Waals surface area contributed by atoms with E-state index in [4.69, 9.17) is 47.1 Å². The predicted molar refractivity (Wildman–Crippen MR) is 204 cm³/mol. The Balaban J connectivity index is 1.37. The van der Waals surface area contributed by atoms with Crippen LogP contribution < -0.4 is 29.1 Å². The Morgan fingerprint density at radius 2 is 1.67 bits per heavy atom. The molecule has 5 aromatic rings. The number of allylic oxidation sites excluding steroid dienone is 1. The minimum atomic E-state index is -0.832. The fraction of sp³-hybridized carbons (Fsp3) is 0.205. The van der Waals surface area contributed by atoms with E-state index in [2.05, 4.69) is 15.9 Å². The van der Waals surface area contributed by atoms with Gasteiger partial charge < -0.3 is 18.9 Å². The predicted octanol–water partition coefficient (Wildman–Crippen LogP) is 8.42. The van der Waals surface area contributed by atoms with Gasteiger partial charge in [-0.1, -0.05) is 83.1 Å². The Labute approximate surface area is 317 Å². The Hall–Kier alpha value is -4.35. The summed E-state index contributed by atoms with van der Waals surface area (Å²) < 4.78 is 26.4. The maximum atomic E-state index is 14.2. The van der Waals surface area contributed by atoms with Crippen molar-refractivity contribution in [1.82, 2.24) is 4.57 Å². The second kappa shape index (κ2) is 16.3. The van der Waals surface area contributed by atoms with Gasteiger partial charge in [-0.25, -0.2) is 9.79 Å².